The van der Waals surface area contributed by atoms with Crippen molar-refractivity contribution in [2.75, 3.05) is 0 Å². The Hall–Kier alpha value is -3.54. The number of nitrogens with zero attached hydrogens (tertiary/aromatic N) is 1. The van der Waals surface area contributed by atoms with Crippen molar-refractivity contribution in [2.45, 2.75) is 44.9 Å². The van der Waals surface area contributed by atoms with Crippen LogP contribution >= 0.6 is 0 Å². The van der Waals surface area contributed by atoms with E-state index in [1.165, 1.54) is 16.5 Å². The number of carboxylic acids is 1. The number of carboxylic acid groups (broad SMARTS) is 1. The first kappa shape index (κ1) is 20.4. The standard InChI is InChI=1S/C26H26N2O4/c29-26(30)17(5-3-6-18-15-27-22-9-2-1-7-19(18)22)13-23(28-31)16-11-12-21-20-8-4-10-24(20)32-25(21)14-16/h1-2,7,9,11-12,14-15,17,27,31H,3-6,8,10,13H2,(H,29,30)/t17-/m1/s1. The number of H-pyrrole nitrogens is 1. The van der Waals surface area contributed by atoms with Crippen LogP contribution in [0.3, 0.4) is 0 Å². The number of para-hydroxylation sites is 1. The third kappa shape index (κ3) is 3.77. The van der Waals surface area contributed by atoms with E-state index in [0.717, 1.165) is 54.4 Å². The Labute approximate surface area is 185 Å². The summed E-state index contributed by atoms with van der Waals surface area (Å²) < 4.78 is 5.98. The Morgan fingerprint density at radius 1 is 1.16 bits per heavy atom. The number of carbonyl (C=O) groups is 1. The normalized spacial score (nSPS) is 14.8. The Morgan fingerprint density at radius 3 is 2.88 bits per heavy atom. The monoisotopic (exact) mass is 430 g/mol. The van der Waals surface area contributed by atoms with Gasteiger partial charge in [0.25, 0.3) is 0 Å². The van der Waals surface area contributed by atoms with Crippen LogP contribution in [-0.4, -0.2) is 27.0 Å². The molecule has 4 aromatic rings. The summed E-state index contributed by atoms with van der Waals surface area (Å²) in [7, 11) is 0. The van der Waals surface area contributed by atoms with E-state index in [1.54, 1.807) is 0 Å². The fourth-order valence-electron chi connectivity index (χ4n) is 4.92. The molecule has 0 aliphatic heterocycles. The maximum atomic E-state index is 11.9. The van der Waals surface area contributed by atoms with Crippen LogP contribution in [0.5, 0.6) is 0 Å². The van der Waals surface area contributed by atoms with Gasteiger partial charge in [-0.25, -0.2) is 0 Å². The summed E-state index contributed by atoms with van der Waals surface area (Å²) in [5.74, 6) is -0.452. The zero-order chi connectivity index (χ0) is 22.1. The molecule has 1 atom stereocenters. The second-order valence-electron chi connectivity index (χ2n) is 8.61. The lowest BCUT2D eigenvalue weighted by atomic mass is 9.92. The van der Waals surface area contributed by atoms with Crippen LogP contribution in [0, 0.1) is 5.92 Å². The fraction of sp³-hybridized carbons (Fsp3) is 0.308. The topological polar surface area (TPSA) is 98.8 Å². The highest BCUT2D eigenvalue weighted by Crippen LogP contribution is 2.33. The molecule has 2 aromatic heterocycles. The summed E-state index contributed by atoms with van der Waals surface area (Å²) in [5.41, 5.74) is 5.41. The van der Waals surface area contributed by atoms with E-state index in [0.29, 0.717) is 17.7 Å². The molecule has 32 heavy (non-hydrogen) atoms. The Balaban J connectivity index is 1.28. The molecule has 0 radical (unpaired) electrons. The molecule has 0 amide bonds. The predicted molar refractivity (Wildman–Crippen MR) is 124 cm³/mol. The number of oxime groups is 1. The van der Waals surface area contributed by atoms with E-state index in [2.05, 4.69) is 16.2 Å². The van der Waals surface area contributed by atoms with Crippen molar-refractivity contribution in [3.8, 4) is 0 Å². The molecule has 164 valence electrons. The van der Waals surface area contributed by atoms with Gasteiger partial charge in [0, 0.05) is 46.5 Å². The molecule has 1 aliphatic carbocycles. The molecule has 0 unspecified atom stereocenters. The van der Waals surface area contributed by atoms with Gasteiger partial charge < -0.3 is 19.7 Å². The summed E-state index contributed by atoms with van der Waals surface area (Å²) in [6, 6.07) is 13.9. The molecular weight excluding hydrogens is 404 g/mol. The van der Waals surface area contributed by atoms with Gasteiger partial charge in [0.2, 0.25) is 0 Å². The van der Waals surface area contributed by atoms with E-state index < -0.39 is 11.9 Å². The highest BCUT2D eigenvalue weighted by Gasteiger charge is 2.23. The zero-order valence-corrected chi connectivity index (χ0v) is 17.8. The summed E-state index contributed by atoms with van der Waals surface area (Å²) >= 11 is 0. The Kier molecular flexibility index (Phi) is 5.43. The highest BCUT2D eigenvalue weighted by molar-refractivity contribution is 6.04. The number of aryl methyl sites for hydroxylation is 3. The molecule has 0 spiro atoms. The van der Waals surface area contributed by atoms with Crippen molar-refractivity contribution in [2.24, 2.45) is 11.1 Å². The zero-order valence-electron chi connectivity index (χ0n) is 17.8. The smallest absolute Gasteiger partial charge is 0.306 e. The van der Waals surface area contributed by atoms with E-state index in [1.807, 2.05) is 42.6 Å². The molecule has 2 aromatic carbocycles. The van der Waals surface area contributed by atoms with Crippen molar-refractivity contribution < 1.29 is 19.5 Å². The summed E-state index contributed by atoms with van der Waals surface area (Å²) in [5, 5.41) is 25.2. The van der Waals surface area contributed by atoms with Crippen LogP contribution in [0.1, 0.15) is 48.1 Å². The van der Waals surface area contributed by atoms with Crippen molar-refractivity contribution >= 4 is 33.6 Å². The second-order valence-corrected chi connectivity index (χ2v) is 8.61. The minimum atomic E-state index is -0.872. The number of hydrogen-bond acceptors (Lipinski definition) is 4. The van der Waals surface area contributed by atoms with Crippen molar-refractivity contribution in [3.63, 3.8) is 0 Å². The second kappa shape index (κ2) is 8.54. The van der Waals surface area contributed by atoms with Crippen molar-refractivity contribution in [3.05, 3.63) is 71.1 Å². The minimum Gasteiger partial charge on any atom is -0.481 e. The molecule has 6 heteroatoms. The highest BCUT2D eigenvalue weighted by atomic mass is 16.4. The number of fused-ring (bicyclic) bond motifs is 4. The molecule has 3 N–H and O–H groups in total. The van der Waals surface area contributed by atoms with Crippen LogP contribution in [0.15, 0.2) is 58.2 Å². The number of aromatic nitrogens is 1. The number of hydrogen-bond donors (Lipinski definition) is 3. The number of aliphatic carboxylic acids is 1. The largest absolute Gasteiger partial charge is 0.481 e. The van der Waals surface area contributed by atoms with Crippen LogP contribution in [0.25, 0.3) is 21.9 Å². The predicted octanol–water partition coefficient (Wildman–Crippen LogP) is 5.69. The Bertz CT molecular complexity index is 1310. The average Bonchev–Trinajstić information content (AvgIpc) is 3.50. The first-order valence-corrected chi connectivity index (χ1v) is 11.2. The lowest BCUT2D eigenvalue weighted by molar-refractivity contribution is -0.141. The first-order chi connectivity index (χ1) is 15.6. The molecular formula is C26H26N2O4. The molecule has 0 saturated carbocycles. The van der Waals surface area contributed by atoms with E-state index >= 15 is 0 Å². The van der Waals surface area contributed by atoms with Gasteiger partial charge >= 0.3 is 5.97 Å². The maximum absolute atomic E-state index is 11.9. The molecule has 5 rings (SSSR count). The van der Waals surface area contributed by atoms with Gasteiger partial charge in [-0.2, -0.15) is 0 Å². The van der Waals surface area contributed by atoms with Crippen LogP contribution in [0.4, 0.5) is 0 Å². The quantitative estimate of drug-likeness (QED) is 0.190. The maximum Gasteiger partial charge on any atom is 0.306 e. The van der Waals surface area contributed by atoms with E-state index in [-0.39, 0.29) is 6.42 Å². The van der Waals surface area contributed by atoms with Crippen LogP contribution in [-0.2, 0) is 24.1 Å². The molecule has 2 heterocycles. The van der Waals surface area contributed by atoms with Gasteiger partial charge in [0.15, 0.2) is 0 Å². The molecule has 0 saturated heterocycles. The number of aromatic amines is 1. The van der Waals surface area contributed by atoms with Crippen LogP contribution < -0.4 is 0 Å². The first-order valence-electron chi connectivity index (χ1n) is 11.2. The lowest BCUT2D eigenvalue weighted by Gasteiger charge is -2.13. The van der Waals surface area contributed by atoms with Gasteiger partial charge in [0.1, 0.15) is 11.3 Å². The summed E-state index contributed by atoms with van der Waals surface area (Å²) in [4.78, 5) is 15.2. The molecule has 6 nitrogen and oxygen atoms in total. The van der Waals surface area contributed by atoms with Gasteiger partial charge in [-0.3, -0.25) is 4.79 Å². The molecule has 0 bridgehead atoms. The van der Waals surface area contributed by atoms with Crippen molar-refractivity contribution in [1.82, 2.24) is 4.98 Å². The number of benzene rings is 2. The van der Waals surface area contributed by atoms with Crippen molar-refractivity contribution in [1.29, 1.82) is 0 Å². The van der Waals surface area contributed by atoms with E-state index in [4.69, 9.17) is 4.42 Å². The molecule has 0 fully saturated rings. The number of nitrogens with one attached hydrogen (secondary N) is 1. The molecule has 1 aliphatic rings. The average molecular weight is 431 g/mol. The van der Waals surface area contributed by atoms with Gasteiger partial charge in [-0.15, -0.1) is 0 Å². The number of furan rings is 1. The third-order valence-electron chi connectivity index (χ3n) is 6.62. The lowest BCUT2D eigenvalue weighted by Crippen LogP contribution is -2.19. The third-order valence-corrected chi connectivity index (χ3v) is 6.62. The fourth-order valence-corrected chi connectivity index (χ4v) is 4.92. The van der Waals surface area contributed by atoms with Gasteiger partial charge in [0.05, 0.1) is 11.6 Å². The number of rotatable bonds is 8. The summed E-state index contributed by atoms with van der Waals surface area (Å²) in [6.07, 6.45) is 7.31. The van der Waals surface area contributed by atoms with Gasteiger partial charge in [-0.1, -0.05) is 35.5 Å². The summed E-state index contributed by atoms with van der Waals surface area (Å²) in [6.45, 7) is 0. The van der Waals surface area contributed by atoms with Crippen LogP contribution in [0.2, 0.25) is 0 Å². The SMILES string of the molecule is O=C(O)[C@H](CCCc1c[nH]c2ccccc12)CC(=NO)c1ccc2c3c(oc2c1)CCC3. The van der Waals surface area contributed by atoms with Gasteiger partial charge in [-0.05, 0) is 49.8 Å². The minimum absolute atomic E-state index is 0.172. The Morgan fingerprint density at radius 2 is 2.03 bits per heavy atom. The van der Waals surface area contributed by atoms with E-state index in [9.17, 15) is 15.1 Å².